The Bertz CT molecular complexity index is 557. The summed E-state index contributed by atoms with van der Waals surface area (Å²) >= 11 is 5.18. The topological polar surface area (TPSA) is 83.0 Å². The fourth-order valence-corrected chi connectivity index (χ4v) is 2.53. The molecule has 0 amide bonds. The molecule has 1 saturated carbocycles. The fraction of sp³-hybridized carbons (Fsp3) is 0.400. The largest absolute Gasteiger partial charge is 0.481 e. The highest BCUT2D eigenvalue weighted by atomic mass is 32.1. The summed E-state index contributed by atoms with van der Waals surface area (Å²) in [4.78, 5) is 10.6. The molecule has 22 heavy (non-hydrogen) atoms. The monoisotopic (exact) mass is 321 g/mol. The average molecular weight is 321 g/mol. The number of nitrogens with zero attached hydrogens (tertiary/aromatic N) is 1. The predicted molar refractivity (Wildman–Crippen MR) is 88.3 cm³/mol. The van der Waals surface area contributed by atoms with E-state index in [1.54, 1.807) is 24.4 Å². The molecule has 118 valence electrons. The van der Waals surface area contributed by atoms with Crippen molar-refractivity contribution in [1.82, 2.24) is 10.7 Å². The van der Waals surface area contributed by atoms with Gasteiger partial charge in [0.1, 0.15) is 5.75 Å². The van der Waals surface area contributed by atoms with Gasteiger partial charge < -0.3 is 15.2 Å². The van der Waals surface area contributed by atoms with Crippen molar-refractivity contribution >= 4 is 29.5 Å². The van der Waals surface area contributed by atoms with E-state index < -0.39 is 5.97 Å². The Kier molecular flexibility index (Phi) is 6.14. The summed E-state index contributed by atoms with van der Waals surface area (Å²) < 4.78 is 5.20. The standard InChI is InChI=1S/C15H19N3O3S/c19-14(20)10-21-13-8-4-1-5-11(13)9-16-18-15(22)17-12-6-2-3-7-12/h1,4-5,8-9,12H,2-3,6-7,10H2,(H,19,20)(H2,17,18,22)/b16-9-. The van der Waals surface area contributed by atoms with Gasteiger partial charge in [0.25, 0.3) is 0 Å². The first-order valence-corrected chi connectivity index (χ1v) is 7.59. The number of hydrazone groups is 1. The maximum absolute atomic E-state index is 10.6. The van der Waals surface area contributed by atoms with Gasteiger partial charge in [-0.3, -0.25) is 5.43 Å². The number of hydrogen-bond acceptors (Lipinski definition) is 4. The molecule has 0 bridgehead atoms. The number of hydrogen-bond donors (Lipinski definition) is 3. The van der Waals surface area contributed by atoms with Crippen LogP contribution in [0.15, 0.2) is 29.4 Å². The Morgan fingerprint density at radius 3 is 2.86 bits per heavy atom. The lowest BCUT2D eigenvalue weighted by molar-refractivity contribution is -0.139. The lowest BCUT2D eigenvalue weighted by Gasteiger charge is -2.13. The molecular formula is C15H19N3O3S. The van der Waals surface area contributed by atoms with Gasteiger partial charge in [-0.25, -0.2) is 4.79 Å². The molecule has 1 aliphatic carbocycles. The van der Waals surface area contributed by atoms with Crippen molar-refractivity contribution < 1.29 is 14.6 Å². The van der Waals surface area contributed by atoms with Gasteiger partial charge in [-0.05, 0) is 37.2 Å². The summed E-state index contributed by atoms with van der Waals surface area (Å²) in [6, 6.07) is 7.51. The van der Waals surface area contributed by atoms with Crippen molar-refractivity contribution in [3.8, 4) is 5.75 Å². The molecule has 1 fully saturated rings. The van der Waals surface area contributed by atoms with Crippen LogP contribution in [0.5, 0.6) is 5.75 Å². The lowest BCUT2D eigenvalue weighted by Crippen LogP contribution is -2.38. The summed E-state index contributed by atoms with van der Waals surface area (Å²) in [6.45, 7) is -0.389. The smallest absolute Gasteiger partial charge is 0.341 e. The zero-order valence-electron chi connectivity index (χ0n) is 12.1. The van der Waals surface area contributed by atoms with Crippen molar-refractivity contribution in [2.75, 3.05) is 6.61 Å². The van der Waals surface area contributed by atoms with E-state index in [1.807, 2.05) is 6.07 Å². The fourth-order valence-electron chi connectivity index (χ4n) is 2.31. The minimum atomic E-state index is -1.02. The highest BCUT2D eigenvalue weighted by molar-refractivity contribution is 7.80. The molecule has 0 aromatic heterocycles. The Hall–Kier alpha value is -2.15. The number of ether oxygens (including phenoxy) is 1. The highest BCUT2D eigenvalue weighted by Crippen LogP contribution is 2.17. The van der Waals surface area contributed by atoms with Crippen LogP contribution in [-0.2, 0) is 4.79 Å². The summed E-state index contributed by atoms with van der Waals surface area (Å²) in [6.07, 6.45) is 6.30. The van der Waals surface area contributed by atoms with Gasteiger partial charge in [-0.1, -0.05) is 25.0 Å². The molecule has 0 unspecified atom stereocenters. The zero-order chi connectivity index (χ0) is 15.8. The molecule has 0 saturated heterocycles. The van der Waals surface area contributed by atoms with Crippen LogP contribution in [0.3, 0.4) is 0 Å². The van der Waals surface area contributed by atoms with Crippen LogP contribution in [0.4, 0.5) is 0 Å². The highest BCUT2D eigenvalue weighted by Gasteiger charge is 2.14. The number of carbonyl (C=O) groups is 1. The first-order valence-electron chi connectivity index (χ1n) is 7.18. The zero-order valence-corrected chi connectivity index (χ0v) is 12.9. The van der Waals surface area contributed by atoms with Crippen molar-refractivity contribution in [1.29, 1.82) is 0 Å². The number of aliphatic carboxylic acids is 1. The quantitative estimate of drug-likeness (QED) is 0.422. The Labute approximate surface area is 134 Å². The van der Waals surface area contributed by atoms with Crippen LogP contribution in [0.1, 0.15) is 31.2 Å². The normalized spacial score (nSPS) is 14.9. The van der Waals surface area contributed by atoms with Crippen molar-refractivity contribution in [3.05, 3.63) is 29.8 Å². The van der Waals surface area contributed by atoms with Gasteiger partial charge in [0, 0.05) is 11.6 Å². The Balaban J connectivity index is 1.86. The summed E-state index contributed by atoms with van der Waals surface area (Å²) in [7, 11) is 0. The van der Waals surface area contributed by atoms with Crippen LogP contribution >= 0.6 is 12.2 Å². The van der Waals surface area contributed by atoms with Gasteiger partial charge in [0.2, 0.25) is 0 Å². The van der Waals surface area contributed by atoms with E-state index in [2.05, 4.69) is 15.8 Å². The molecule has 7 heteroatoms. The molecule has 0 heterocycles. The van der Waals surface area contributed by atoms with E-state index in [0.717, 1.165) is 12.8 Å². The molecule has 1 aliphatic rings. The first-order chi connectivity index (χ1) is 10.6. The molecular weight excluding hydrogens is 302 g/mol. The van der Waals surface area contributed by atoms with Gasteiger partial charge in [-0.2, -0.15) is 5.10 Å². The van der Waals surface area contributed by atoms with Crippen LogP contribution in [0.2, 0.25) is 0 Å². The maximum atomic E-state index is 10.6. The van der Waals surface area contributed by atoms with Crippen LogP contribution < -0.4 is 15.5 Å². The predicted octanol–water partition coefficient (Wildman–Crippen LogP) is 1.89. The van der Waals surface area contributed by atoms with Gasteiger partial charge >= 0.3 is 5.97 Å². The SMILES string of the molecule is O=C(O)COc1ccccc1/C=N\NC(=S)NC1CCCC1. The average Bonchev–Trinajstić information content (AvgIpc) is 2.99. The Morgan fingerprint density at radius 1 is 1.41 bits per heavy atom. The molecule has 0 atom stereocenters. The molecule has 1 aromatic rings. The number of thiocarbonyl (C=S) groups is 1. The summed E-state index contributed by atoms with van der Waals surface area (Å²) in [5.74, 6) is -0.558. The number of nitrogens with one attached hydrogen (secondary N) is 2. The second-order valence-electron chi connectivity index (χ2n) is 5.05. The minimum absolute atomic E-state index is 0.389. The molecule has 0 aliphatic heterocycles. The van der Waals surface area contributed by atoms with E-state index in [-0.39, 0.29) is 6.61 Å². The lowest BCUT2D eigenvalue weighted by atomic mass is 10.2. The summed E-state index contributed by atoms with van der Waals surface area (Å²) in [5, 5.41) is 16.4. The van der Waals surface area contributed by atoms with Gasteiger partial charge in [0.15, 0.2) is 11.7 Å². The third kappa shape index (κ3) is 5.33. The maximum Gasteiger partial charge on any atom is 0.341 e. The van der Waals surface area contributed by atoms with E-state index in [0.29, 0.717) is 22.5 Å². The van der Waals surface area contributed by atoms with Crippen molar-refractivity contribution in [3.63, 3.8) is 0 Å². The number of benzene rings is 1. The molecule has 0 radical (unpaired) electrons. The van der Waals surface area contributed by atoms with E-state index in [1.165, 1.54) is 12.8 Å². The minimum Gasteiger partial charge on any atom is -0.481 e. The van der Waals surface area contributed by atoms with E-state index in [9.17, 15) is 4.79 Å². The molecule has 6 nitrogen and oxygen atoms in total. The van der Waals surface area contributed by atoms with Gasteiger partial charge in [-0.15, -0.1) is 0 Å². The summed E-state index contributed by atoms with van der Waals surface area (Å²) in [5.41, 5.74) is 3.45. The van der Waals surface area contributed by atoms with Crippen LogP contribution in [-0.4, -0.2) is 35.1 Å². The van der Waals surface area contributed by atoms with Crippen molar-refractivity contribution in [2.24, 2.45) is 5.10 Å². The molecule has 0 spiro atoms. The number of rotatable bonds is 6. The third-order valence-electron chi connectivity index (χ3n) is 3.33. The first kappa shape index (κ1) is 16.2. The number of carboxylic acid groups (broad SMARTS) is 1. The molecule has 3 N–H and O–H groups in total. The Morgan fingerprint density at radius 2 is 2.14 bits per heavy atom. The van der Waals surface area contributed by atoms with Crippen LogP contribution in [0.25, 0.3) is 0 Å². The van der Waals surface area contributed by atoms with E-state index in [4.69, 9.17) is 22.1 Å². The second-order valence-corrected chi connectivity index (χ2v) is 5.45. The molecule has 1 aromatic carbocycles. The van der Waals surface area contributed by atoms with Crippen molar-refractivity contribution in [2.45, 2.75) is 31.7 Å². The third-order valence-corrected chi connectivity index (χ3v) is 3.54. The van der Waals surface area contributed by atoms with E-state index >= 15 is 0 Å². The van der Waals surface area contributed by atoms with Crippen LogP contribution in [0, 0.1) is 0 Å². The molecule has 2 rings (SSSR count). The number of carboxylic acids is 1. The van der Waals surface area contributed by atoms with Gasteiger partial charge in [0.05, 0.1) is 6.21 Å². The number of para-hydroxylation sites is 1. The second kappa shape index (κ2) is 8.33.